The lowest BCUT2D eigenvalue weighted by Gasteiger charge is -2.37. The van der Waals surface area contributed by atoms with Gasteiger partial charge < -0.3 is 5.73 Å². The van der Waals surface area contributed by atoms with Crippen LogP contribution in [0.5, 0.6) is 0 Å². The van der Waals surface area contributed by atoms with Crippen molar-refractivity contribution in [1.82, 2.24) is 0 Å². The molecule has 0 aromatic heterocycles. The number of benzene rings is 1. The molecule has 2 rings (SSSR count). The molecule has 1 aliphatic carbocycles. The molecule has 0 bridgehead atoms. The molecule has 19 heavy (non-hydrogen) atoms. The fraction of sp³-hybridized carbons (Fsp3) is 0.600. The van der Waals surface area contributed by atoms with Crippen LogP contribution >= 0.6 is 0 Å². The lowest BCUT2D eigenvalue weighted by molar-refractivity contribution is 0.271. The molecular weight excluding hydrogens is 258 g/mol. The molecule has 3 nitrogen and oxygen atoms in total. The average molecular weight is 281 g/mol. The van der Waals surface area contributed by atoms with Gasteiger partial charge in [-0.15, -0.1) is 0 Å². The molecular formula is C15H23NO2S. The molecule has 2 N–H and O–H groups in total. The van der Waals surface area contributed by atoms with Gasteiger partial charge in [-0.05, 0) is 30.2 Å². The molecule has 0 heterocycles. The number of sulfone groups is 1. The van der Waals surface area contributed by atoms with Crippen LogP contribution in [0.1, 0.15) is 32.3 Å². The number of nitrogens with two attached hydrogens (primary N) is 1. The maximum absolute atomic E-state index is 12.6. The summed E-state index contributed by atoms with van der Waals surface area (Å²) >= 11 is 0. The molecule has 1 aromatic rings. The van der Waals surface area contributed by atoms with E-state index in [1.165, 1.54) is 0 Å². The average Bonchev–Trinajstić information content (AvgIpc) is 2.27. The Morgan fingerprint density at radius 2 is 1.79 bits per heavy atom. The number of hydrogen-bond acceptors (Lipinski definition) is 3. The molecule has 0 saturated heterocycles. The second-order valence-corrected chi connectivity index (χ2v) is 8.13. The summed E-state index contributed by atoms with van der Waals surface area (Å²) in [6.07, 6.45) is 1.76. The Balaban J connectivity index is 2.19. The zero-order chi connectivity index (χ0) is 14.0. The predicted molar refractivity (Wildman–Crippen MR) is 78.4 cm³/mol. The van der Waals surface area contributed by atoms with Crippen LogP contribution in [-0.4, -0.2) is 19.7 Å². The third-order valence-corrected chi connectivity index (χ3v) is 6.44. The van der Waals surface area contributed by atoms with Gasteiger partial charge in [-0.2, -0.15) is 0 Å². The van der Waals surface area contributed by atoms with E-state index in [4.69, 9.17) is 5.73 Å². The van der Waals surface area contributed by atoms with Crippen LogP contribution in [0.15, 0.2) is 30.3 Å². The minimum atomic E-state index is -3.18. The van der Waals surface area contributed by atoms with E-state index in [2.05, 4.69) is 6.92 Å². The molecule has 4 heteroatoms. The summed E-state index contributed by atoms with van der Waals surface area (Å²) in [5.74, 6) is 0.769. The first-order valence-corrected chi connectivity index (χ1v) is 8.63. The largest absolute Gasteiger partial charge is 0.327 e. The highest BCUT2D eigenvalue weighted by Crippen LogP contribution is 2.33. The zero-order valence-electron chi connectivity index (χ0n) is 11.6. The van der Waals surface area contributed by atoms with Gasteiger partial charge in [0.25, 0.3) is 0 Å². The van der Waals surface area contributed by atoms with Gasteiger partial charge in [0, 0.05) is 6.04 Å². The molecule has 1 aromatic carbocycles. The van der Waals surface area contributed by atoms with E-state index in [1.807, 2.05) is 37.3 Å². The molecule has 4 atom stereocenters. The lowest BCUT2D eigenvalue weighted by atomic mass is 9.80. The lowest BCUT2D eigenvalue weighted by Crippen LogP contribution is -2.49. The minimum Gasteiger partial charge on any atom is -0.327 e. The van der Waals surface area contributed by atoms with Gasteiger partial charge in [0.15, 0.2) is 9.84 Å². The molecule has 1 saturated carbocycles. The van der Waals surface area contributed by atoms with Crippen LogP contribution in [0.25, 0.3) is 0 Å². The van der Waals surface area contributed by atoms with Crippen molar-refractivity contribution < 1.29 is 8.42 Å². The van der Waals surface area contributed by atoms with Crippen molar-refractivity contribution in [3.8, 4) is 0 Å². The van der Waals surface area contributed by atoms with Gasteiger partial charge in [0.1, 0.15) is 0 Å². The van der Waals surface area contributed by atoms with Crippen molar-refractivity contribution in [2.24, 2.45) is 17.6 Å². The summed E-state index contributed by atoms with van der Waals surface area (Å²) in [5, 5.41) is -0.399. The summed E-state index contributed by atoms with van der Waals surface area (Å²) in [4.78, 5) is 0. The Kier molecular flexibility index (Phi) is 4.31. The standard InChI is InChI=1S/C15H23NO2S/c1-11-8-12(2)15(14(16)9-11)19(17,18)10-13-6-4-3-5-7-13/h3-7,11-12,14-15H,8-10,16H2,1-2H3. The maximum Gasteiger partial charge on any atom is 0.159 e. The van der Waals surface area contributed by atoms with Crippen LogP contribution in [-0.2, 0) is 15.6 Å². The van der Waals surface area contributed by atoms with Gasteiger partial charge >= 0.3 is 0 Å². The Morgan fingerprint density at radius 3 is 2.37 bits per heavy atom. The zero-order valence-corrected chi connectivity index (χ0v) is 12.4. The van der Waals surface area contributed by atoms with Crippen molar-refractivity contribution in [2.75, 3.05) is 0 Å². The van der Waals surface area contributed by atoms with Crippen LogP contribution in [0, 0.1) is 11.8 Å². The van der Waals surface area contributed by atoms with Gasteiger partial charge in [-0.3, -0.25) is 0 Å². The summed E-state index contributed by atoms with van der Waals surface area (Å²) < 4.78 is 25.2. The van der Waals surface area contributed by atoms with Gasteiger partial charge in [-0.1, -0.05) is 44.2 Å². The molecule has 0 amide bonds. The Hall–Kier alpha value is -0.870. The Labute approximate surface area is 116 Å². The first-order chi connectivity index (χ1) is 8.90. The van der Waals surface area contributed by atoms with Crippen molar-refractivity contribution >= 4 is 9.84 Å². The normalized spacial score (nSPS) is 32.2. The van der Waals surface area contributed by atoms with E-state index in [9.17, 15) is 8.42 Å². The van der Waals surface area contributed by atoms with Crippen molar-refractivity contribution in [3.63, 3.8) is 0 Å². The van der Waals surface area contributed by atoms with Crippen molar-refractivity contribution in [3.05, 3.63) is 35.9 Å². The molecule has 0 spiro atoms. The van der Waals surface area contributed by atoms with E-state index in [0.29, 0.717) is 5.92 Å². The third kappa shape index (κ3) is 3.37. The highest BCUT2D eigenvalue weighted by molar-refractivity contribution is 7.91. The van der Waals surface area contributed by atoms with Crippen molar-refractivity contribution in [2.45, 2.75) is 43.7 Å². The maximum atomic E-state index is 12.6. The molecule has 1 aliphatic rings. The van der Waals surface area contributed by atoms with Gasteiger partial charge in [-0.25, -0.2) is 8.42 Å². The summed E-state index contributed by atoms with van der Waals surface area (Å²) in [6, 6.07) is 9.13. The Bertz CT molecular complexity index is 500. The molecule has 106 valence electrons. The topological polar surface area (TPSA) is 60.2 Å². The van der Waals surface area contributed by atoms with Crippen LogP contribution < -0.4 is 5.73 Å². The second-order valence-electron chi connectivity index (χ2n) is 5.98. The molecule has 1 fully saturated rings. The smallest absolute Gasteiger partial charge is 0.159 e. The van der Waals surface area contributed by atoms with Crippen LogP contribution in [0.3, 0.4) is 0 Å². The minimum absolute atomic E-state index is 0.102. The van der Waals surface area contributed by atoms with Crippen LogP contribution in [0.2, 0.25) is 0 Å². The fourth-order valence-corrected chi connectivity index (χ4v) is 5.72. The van der Waals surface area contributed by atoms with Gasteiger partial charge in [0.2, 0.25) is 0 Å². The number of rotatable bonds is 3. The van der Waals surface area contributed by atoms with Crippen molar-refractivity contribution in [1.29, 1.82) is 0 Å². The summed E-state index contributed by atoms with van der Waals surface area (Å²) in [6.45, 7) is 4.17. The summed E-state index contributed by atoms with van der Waals surface area (Å²) in [7, 11) is -3.18. The van der Waals surface area contributed by atoms with E-state index < -0.39 is 15.1 Å². The monoisotopic (exact) mass is 281 g/mol. The quantitative estimate of drug-likeness (QED) is 0.925. The molecule has 0 radical (unpaired) electrons. The highest BCUT2D eigenvalue weighted by atomic mass is 32.2. The molecule has 0 aliphatic heterocycles. The highest BCUT2D eigenvalue weighted by Gasteiger charge is 2.40. The molecule has 4 unspecified atom stereocenters. The first-order valence-electron chi connectivity index (χ1n) is 6.91. The van der Waals surface area contributed by atoms with E-state index in [0.717, 1.165) is 18.4 Å². The van der Waals surface area contributed by atoms with Gasteiger partial charge in [0.05, 0.1) is 11.0 Å². The predicted octanol–water partition coefficient (Wildman–Crippen LogP) is 2.36. The SMILES string of the molecule is CC1CC(C)C(S(=O)(=O)Cc2ccccc2)C(N)C1. The van der Waals surface area contributed by atoms with Crippen LogP contribution in [0.4, 0.5) is 0 Å². The van der Waals surface area contributed by atoms with E-state index in [-0.39, 0.29) is 17.7 Å². The fourth-order valence-electron chi connectivity index (χ4n) is 3.41. The van der Waals surface area contributed by atoms with E-state index >= 15 is 0 Å². The second kappa shape index (κ2) is 5.63. The van der Waals surface area contributed by atoms with E-state index in [1.54, 1.807) is 0 Å². The summed E-state index contributed by atoms with van der Waals surface area (Å²) in [5.41, 5.74) is 6.97. The number of hydrogen-bond donors (Lipinski definition) is 1. The third-order valence-electron chi connectivity index (χ3n) is 4.06. The first kappa shape index (κ1) is 14.5. The Morgan fingerprint density at radius 1 is 1.16 bits per heavy atom.